The van der Waals surface area contributed by atoms with Crippen LogP contribution < -0.4 is 10.9 Å². The van der Waals surface area contributed by atoms with Crippen molar-refractivity contribution in [3.05, 3.63) is 46.4 Å². The Morgan fingerprint density at radius 2 is 2.13 bits per heavy atom. The van der Waals surface area contributed by atoms with E-state index in [9.17, 15) is 14.4 Å². The lowest BCUT2D eigenvalue weighted by molar-refractivity contribution is -0.146. The standard InChI is InChI=1S/C15H14N4O4/c1-9(20)23-8-13(21)16-6-10-7-17-19-12-5-3-2-4-11(12)15(22)18-14(10)19/h2-5,7H,6,8H2,1H3,(H,16,21)(H,18,22). The van der Waals surface area contributed by atoms with Crippen molar-refractivity contribution >= 4 is 28.4 Å². The van der Waals surface area contributed by atoms with Crippen LogP contribution in [0.3, 0.4) is 0 Å². The zero-order valence-corrected chi connectivity index (χ0v) is 12.3. The number of hydrogen-bond acceptors (Lipinski definition) is 5. The lowest BCUT2D eigenvalue weighted by atomic mass is 10.2. The Morgan fingerprint density at radius 1 is 1.35 bits per heavy atom. The number of benzene rings is 1. The number of ether oxygens (including phenoxy) is 1. The van der Waals surface area contributed by atoms with Gasteiger partial charge in [0.05, 0.1) is 17.1 Å². The number of rotatable bonds is 4. The number of carbonyl (C=O) groups is 2. The number of aromatic amines is 1. The van der Waals surface area contributed by atoms with Crippen LogP contribution in [0.15, 0.2) is 35.3 Å². The minimum Gasteiger partial charge on any atom is -0.456 e. The van der Waals surface area contributed by atoms with Crippen LogP contribution in [0.5, 0.6) is 0 Å². The van der Waals surface area contributed by atoms with Crippen LogP contribution in [0.1, 0.15) is 12.5 Å². The summed E-state index contributed by atoms with van der Waals surface area (Å²) in [4.78, 5) is 37.1. The topological polar surface area (TPSA) is 106 Å². The van der Waals surface area contributed by atoms with Crippen LogP contribution in [0.25, 0.3) is 16.6 Å². The number of amides is 1. The fourth-order valence-electron chi connectivity index (χ4n) is 2.26. The van der Waals surface area contributed by atoms with Gasteiger partial charge in [-0.15, -0.1) is 0 Å². The van der Waals surface area contributed by atoms with Gasteiger partial charge in [0.1, 0.15) is 5.65 Å². The first-order valence-corrected chi connectivity index (χ1v) is 6.94. The van der Waals surface area contributed by atoms with Crippen LogP contribution in [0.2, 0.25) is 0 Å². The van der Waals surface area contributed by atoms with Gasteiger partial charge < -0.3 is 15.0 Å². The van der Waals surface area contributed by atoms with Crippen molar-refractivity contribution in [2.24, 2.45) is 0 Å². The molecule has 0 aliphatic carbocycles. The third kappa shape index (κ3) is 2.91. The van der Waals surface area contributed by atoms with Crippen molar-refractivity contribution in [2.75, 3.05) is 6.61 Å². The van der Waals surface area contributed by atoms with Crippen molar-refractivity contribution in [3.8, 4) is 0 Å². The van der Waals surface area contributed by atoms with Gasteiger partial charge in [-0.25, -0.2) is 4.52 Å². The van der Waals surface area contributed by atoms with E-state index in [0.29, 0.717) is 22.1 Å². The third-order valence-electron chi connectivity index (χ3n) is 3.34. The lowest BCUT2D eigenvalue weighted by Crippen LogP contribution is -2.28. The molecule has 0 aliphatic rings. The molecule has 0 radical (unpaired) electrons. The predicted molar refractivity (Wildman–Crippen MR) is 81.8 cm³/mol. The van der Waals surface area contributed by atoms with E-state index in [1.165, 1.54) is 6.92 Å². The Balaban J connectivity index is 1.87. The smallest absolute Gasteiger partial charge is 0.303 e. The maximum absolute atomic E-state index is 12.1. The highest BCUT2D eigenvalue weighted by molar-refractivity contribution is 5.81. The lowest BCUT2D eigenvalue weighted by Gasteiger charge is -2.05. The molecule has 0 bridgehead atoms. The number of fused-ring (bicyclic) bond motifs is 3. The van der Waals surface area contributed by atoms with E-state index < -0.39 is 11.9 Å². The first-order valence-electron chi connectivity index (χ1n) is 6.94. The molecule has 2 N–H and O–H groups in total. The van der Waals surface area contributed by atoms with Gasteiger partial charge in [0.25, 0.3) is 11.5 Å². The highest BCUT2D eigenvalue weighted by Gasteiger charge is 2.11. The Hall–Kier alpha value is -3.16. The monoisotopic (exact) mass is 314 g/mol. The molecule has 0 unspecified atom stereocenters. The van der Waals surface area contributed by atoms with Crippen LogP contribution in [-0.2, 0) is 20.9 Å². The first kappa shape index (κ1) is 14.8. The fourth-order valence-corrected chi connectivity index (χ4v) is 2.26. The van der Waals surface area contributed by atoms with Crippen molar-refractivity contribution < 1.29 is 14.3 Å². The molecule has 2 heterocycles. The van der Waals surface area contributed by atoms with Crippen LogP contribution in [-0.4, -0.2) is 33.1 Å². The van der Waals surface area contributed by atoms with E-state index in [4.69, 9.17) is 0 Å². The number of hydrogen-bond donors (Lipinski definition) is 2. The molecule has 0 saturated heterocycles. The first-order chi connectivity index (χ1) is 11.1. The molecule has 118 valence electrons. The minimum atomic E-state index is -0.521. The van der Waals surface area contributed by atoms with Gasteiger partial charge in [0.15, 0.2) is 6.61 Å². The van der Waals surface area contributed by atoms with E-state index in [1.807, 2.05) is 6.07 Å². The summed E-state index contributed by atoms with van der Waals surface area (Å²) >= 11 is 0. The summed E-state index contributed by atoms with van der Waals surface area (Å²) in [5.74, 6) is -0.949. The molecule has 0 fully saturated rings. The molecule has 0 atom stereocenters. The number of aromatic nitrogens is 3. The maximum Gasteiger partial charge on any atom is 0.303 e. The maximum atomic E-state index is 12.1. The van der Waals surface area contributed by atoms with Crippen molar-refractivity contribution in [2.45, 2.75) is 13.5 Å². The number of nitrogens with zero attached hydrogens (tertiary/aromatic N) is 2. The quantitative estimate of drug-likeness (QED) is 0.676. The number of esters is 1. The van der Waals surface area contributed by atoms with Crippen molar-refractivity contribution in [1.82, 2.24) is 19.9 Å². The number of nitrogens with one attached hydrogen (secondary N) is 2. The molecular weight excluding hydrogens is 300 g/mol. The van der Waals surface area contributed by atoms with Crippen LogP contribution >= 0.6 is 0 Å². The fraction of sp³-hybridized carbons (Fsp3) is 0.200. The zero-order valence-electron chi connectivity index (χ0n) is 12.3. The summed E-state index contributed by atoms with van der Waals surface area (Å²) in [6.07, 6.45) is 1.57. The highest BCUT2D eigenvalue weighted by Crippen LogP contribution is 2.13. The summed E-state index contributed by atoms with van der Waals surface area (Å²) in [6.45, 7) is 1.06. The zero-order chi connectivity index (χ0) is 16.4. The van der Waals surface area contributed by atoms with Crippen molar-refractivity contribution in [1.29, 1.82) is 0 Å². The molecule has 0 aliphatic heterocycles. The van der Waals surface area contributed by atoms with E-state index in [2.05, 4.69) is 20.1 Å². The van der Waals surface area contributed by atoms with Gasteiger partial charge in [-0.2, -0.15) is 5.10 Å². The third-order valence-corrected chi connectivity index (χ3v) is 3.34. The summed E-state index contributed by atoms with van der Waals surface area (Å²) < 4.78 is 6.22. The minimum absolute atomic E-state index is 0.165. The molecule has 1 aromatic carbocycles. The molecule has 2 aromatic heterocycles. The number of carbonyl (C=O) groups excluding carboxylic acids is 2. The van der Waals surface area contributed by atoms with E-state index in [0.717, 1.165) is 0 Å². The molecule has 0 spiro atoms. The Kier molecular flexibility index (Phi) is 3.80. The summed E-state index contributed by atoms with van der Waals surface area (Å²) in [5, 5.41) is 7.39. The highest BCUT2D eigenvalue weighted by atomic mass is 16.5. The second-order valence-electron chi connectivity index (χ2n) is 4.96. The summed E-state index contributed by atoms with van der Waals surface area (Å²) in [6, 6.07) is 7.12. The largest absolute Gasteiger partial charge is 0.456 e. The van der Waals surface area contributed by atoms with Gasteiger partial charge in [0, 0.05) is 19.0 Å². The molecule has 1 amide bonds. The van der Waals surface area contributed by atoms with Crippen molar-refractivity contribution in [3.63, 3.8) is 0 Å². The van der Waals surface area contributed by atoms with E-state index in [-0.39, 0.29) is 18.7 Å². The van der Waals surface area contributed by atoms with Crippen LogP contribution in [0.4, 0.5) is 0 Å². The average molecular weight is 314 g/mol. The molecular formula is C15H14N4O4. The molecule has 8 heteroatoms. The Labute approximate surface area is 130 Å². The summed E-state index contributed by atoms with van der Waals surface area (Å²) in [7, 11) is 0. The summed E-state index contributed by atoms with van der Waals surface area (Å²) in [5.41, 5.74) is 1.63. The predicted octanol–water partition coefficient (Wildman–Crippen LogP) is 0.355. The number of H-pyrrole nitrogens is 1. The molecule has 3 rings (SSSR count). The average Bonchev–Trinajstić information content (AvgIpc) is 2.94. The van der Waals surface area contributed by atoms with Gasteiger partial charge in [-0.1, -0.05) is 12.1 Å². The molecule has 8 nitrogen and oxygen atoms in total. The van der Waals surface area contributed by atoms with E-state index >= 15 is 0 Å². The molecule has 23 heavy (non-hydrogen) atoms. The second kappa shape index (κ2) is 5.91. The van der Waals surface area contributed by atoms with Crippen LogP contribution in [0, 0.1) is 0 Å². The number of para-hydroxylation sites is 1. The normalized spacial score (nSPS) is 10.8. The van der Waals surface area contributed by atoms with Gasteiger partial charge >= 0.3 is 5.97 Å². The van der Waals surface area contributed by atoms with E-state index in [1.54, 1.807) is 28.9 Å². The molecule has 0 saturated carbocycles. The van der Waals surface area contributed by atoms with Gasteiger partial charge in [-0.3, -0.25) is 14.4 Å². The Bertz CT molecular complexity index is 957. The Morgan fingerprint density at radius 3 is 2.91 bits per heavy atom. The van der Waals surface area contributed by atoms with Gasteiger partial charge in [0.2, 0.25) is 0 Å². The van der Waals surface area contributed by atoms with Gasteiger partial charge in [-0.05, 0) is 12.1 Å². The molecule has 3 aromatic rings. The SMILES string of the molecule is CC(=O)OCC(=O)NCc1cnn2c1[nH]c(=O)c1ccccc12. The second-order valence-corrected chi connectivity index (χ2v) is 4.96.